The maximum atomic E-state index is 12.2. The summed E-state index contributed by atoms with van der Waals surface area (Å²) in [5.41, 5.74) is 3.43. The number of benzene rings is 2. The predicted octanol–water partition coefficient (Wildman–Crippen LogP) is 2.34. The van der Waals surface area contributed by atoms with Gasteiger partial charge in [0.05, 0.1) is 0 Å². The zero-order chi connectivity index (χ0) is 14.7. The van der Waals surface area contributed by atoms with Crippen molar-refractivity contribution in [1.29, 1.82) is 0 Å². The number of fused-ring (bicyclic) bond motifs is 1. The molecule has 1 aromatic heterocycles. The average molecular weight is 362 g/mol. The van der Waals surface area contributed by atoms with Gasteiger partial charge >= 0.3 is 127 Å². The van der Waals surface area contributed by atoms with Crippen LogP contribution in [0.2, 0.25) is 0 Å². The van der Waals surface area contributed by atoms with Gasteiger partial charge in [0, 0.05) is 0 Å². The number of carbonyl (C=O) groups is 1. The maximum absolute atomic E-state index is 12.2. The second-order valence-corrected chi connectivity index (χ2v) is 6.49. The van der Waals surface area contributed by atoms with Gasteiger partial charge in [-0.15, -0.1) is 0 Å². The fourth-order valence-corrected chi connectivity index (χ4v) is 3.44. The van der Waals surface area contributed by atoms with E-state index in [1.54, 1.807) is 23.9 Å². The van der Waals surface area contributed by atoms with E-state index < -0.39 is 0 Å². The summed E-state index contributed by atoms with van der Waals surface area (Å²) in [6, 6.07) is 13.6. The molecule has 3 aromatic rings. The first-order chi connectivity index (χ1) is 10.3. The third kappa shape index (κ3) is 3.35. The van der Waals surface area contributed by atoms with Gasteiger partial charge in [0.2, 0.25) is 0 Å². The molecule has 1 N–H and O–H groups in total. The molecule has 2 aromatic carbocycles. The molecule has 106 valence electrons. The molecule has 1 amide bonds. The van der Waals surface area contributed by atoms with Gasteiger partial charge in [-0.05, 0) is 6.26 Å². The molecule has 21 heavy (non-hydrogen) atoms. The monoisotopic (exact) mass is 363 g/mol. The standard InChI is InChI=1S/C15H13N3OSSe/c1-20-12-5-2-10(3-6-12)9-16-15(19)11-4-7-13-14(8-11)18-21-17-13/h2-8H,9H2,1H3,(H,16,19). The molecule has 0 fully saturated rings. The minimum atomic E-state index is -0.0821. The van der Waals surface area contributed by atoms with E-state index >= 15 is 0 Å². The number of thioether (sulfide) groups is 1. The van der Waals surface area contributed by atoms with Crippen LogP contribution in [0, 0.1) is 0 Å². The van der Waals surface area contributed by atoms with Gasteiger partial charge < -0.3 is 0 Å². The van der Waals surface area contributed by atoms with Gasteiger partial charge in [-0.25, -0.2) is 0 Å². The zero-order valence-corrected chi connectivity index (χ0v) is 13.9. The predicted molar refractivity (Wildman–Crippen MR) is 85.9 cm³/mol. The first kappa shape index (κ1) is 14.3. The van der Waals surface area contributed by atoms with Crippen molar-refractivity contribution in [2.24, 2.45) is 0 Å². The summed E-state index contributed by atoms with van der Waals surface area (Å²) in [4.78, 5) is 13.4. The van der Waals surface area contributed by atoms with E-state index in [-0.39, 0.29) is 20.9 Å². The van der Waals surface area contributed by atoms with Crippen molar-refractivity contribution in [3.05, 3.63) is 53.6 Å². The van der Waals surface area contributed by atoms with Crippen molar-refractivity contribution >= 4 is 43.7 Å². The summed E-state index contributed by atoms with van der Waals surface area (Å²) in [7, 11) is 0. The number of amides is 1. The number of nitrogens with one attached hydrogen (secondary N) is 1. The molecule has 0 spiro atoms. The molecule has 0 unspecified atom stereocenters. The summed E-state index contributed by atoms with van der Waals surface area (Å²) < 4.78 is 8.56. The summed E-state index contributed by atoms with van der Waals surface area (Å²) in [5, 5.41) is 2.93. The van der Waals surface area contributed by atoms with Gasteiger partial charge in [0.25, 0.3) is 0 Å². The third-order valence-electron chi connectivity index (χ3n) is 3.13. The Morgan fingerprint density at radius 1 is 1.14 bits per heavy atom. The van der Waals surface area contributed by atoms with Crippen LogP contribution in [0.3, 0.4) is 0 Å². The minimum absolute atomic E-state index is 0.0591. The number of carbonyl (C=O) groups excluding carboxylic acids is 1. The number of hydrogen-bond acceptors (Lipinski definition) is 4. The molecular weight excluding hydrogens is 349 g/mol. The Morgan fingerprint density at radius 3 is 2.67 bits per heavy atom. The molecule has 0 atom stereocenters. The van der Waals surface area contributed by atoms with Crippen molar-refractivity contribution in [2.45, 2.75) is 11.4 Å². The van der Waals surface area contributed by atoms with E-state index in [1.165, 1.54) is 4.90 Å². The van der Waals surface area contributed by atoms with E-state index in [0.29, 0.717) is 12.1 Å². The molecule has 0 aliphatic carbocycles. The molecular formula is C15H13N3OSSe. The molecule has 0 bridgehead atoms. The fourth-order valence-electron chi connectivity index (χ4n) is 1.95. The van der Waals surface area contributed by atoms with Crippen LogP contribution in [0.5, 0.6) is 0 Å². The zero-order valence-electron chi connectivity index (χ0n) is 11.4. The van der Waals surface area contributed by atoms with Crippen LogP contribution in [0.15, 0.2) is 47.4 Å². The molecule has 6 heteroatoms. The van der Waals surface area contributed by atoms with E-state index in [9.17, 15) is 4.79 Å². The van der Waals surface area contributed by atoms with Gasteiger partial charge in [0.15, 0.2) is 0 Å². The Hall–Kier alpha value is -1.62. The van der Waals surface area contributed by atoms with Crippen molar-refractivity contribution in [3.63, 3.8) is 0 Å². The van der Waals surface area contributed by atoms with E-state index in [4.69, 9.17) is 0 Å². The van der Waals surface area contributed by atoms with Crippen LogP contribution in [0.25, 0.3) is 11.0 Å². The Labute approximate surface area is 133 Å². The second kappa shape index (κ2) is 6.43. The molecule has 0 saturated heterocycles. The van der Waals surface area contributed by atoms with Crippen LogP contribution >= 0.6 is 11.8 Å². The quantitative estimate of drug-likeness (QED) is 0.572. The van der Waals surface area contributed by atoms with E-state index in [2.05, 4.69) is 25.4 Å². The van der Waals surface area contributed by atoms with Gasteiger partial charge in [-0.2, -0.15) is 0 Å². The van der Waals surface area contributed by atoms with E-state index in [1.807, 2.05) is 24.5 Å². The van der Waals surface area contributed by atoms with Crippen LogP contribution in [-0.2, 0) is 6.54 Å². The van der Waals surface area contributed by atoms with Gasteiger partial charge in [-0.1, -0.05) is 0 Å². The Balaban J connectivity index is 1.67. The molecule has 0 aliphatic rings. The van der Waals surface area contributed by atoms with Crippen molar-refractivity contribution < 1.29 is 4.79 Å². The number of nitrogens with zero attached hydrogens (tertiary/aromatic N) is 2. The van der Waals surface area contributed by atoms with E-state index in [0.717, 1.165) is 16.6 Å². The SMILES string of the molecule is CSc1ccc(CNC(=O)c2ccc3n[se]nc3c2)cc1. The Kier molecular flexibility index (Phi) is 4.39. The Morgan fingerprint density at radius 2 is 1.90 bits per heavy atom. The fraction of sp³-hybridized carbons (Fsp3) is 0.133. The van der Waals surface area contributed by atoms with Crippen LogP contribution in [0.1, 0.15) is 15.9 Å². The van der Waals surface area contributed by atoms with Crippen molar-refractivity contribution in [2.75, 3.05) is 6.26 Å². The van der Waals surface area contributed by atoms with Crippen molar-refractivity contribution in [3.8, 4) is 0 Å². The first-order valence-corrected chi connectivity index (χ1v) is 9.15. The molecule has 1 heterocycles. The summed E-state index contributed by atoms with van der Waals surface area (Å²) in [5.74, 6) is -0.0821. The topological polar surface area (TPSA) is 54.9 Å². The second-order valence-electron chi connectivity index (χ2n) is 4.50. The molecule has 0 saturated carbocycles. The Bertz CT molecular complexity index is 770. The number of hydrogen-bond donors (Lipinski definition) is 1. The summed E-state index contributed by atoms with van der Waals surface area (Å²) >= 11 is 1.65. The number of aromatic nitrogens is 2. The third-order valence-corrected chi connectivity index (χ3v) is 5.04. The molecule has 3 rings (SSSR count). The summed E-state index contributed by atoms with van der Waals surface area (Å²) in [6.07, 6.45) is 2.04. The molecule has 0 radical (unpaired) electrons. The normalized spacial score (nSPS) is 10.7. The summed E-state index contributed by atoms with van der Waals surface area (Å²) in [6.45, 7) is 0.524. The number of rotatable bonds is 4. The first-order valence-electron chi connectivity index (χ1n) is 6.40. The van der Waals surface area contributed by atoms with Crippen LogP contribution in [-0.4, -0.2) is 35.1 Å². The molecule has 0 aliphatic heterocycles. The van der Waals surface area contributed by atoms with Crippen LogP contribution < -0.4 is 5.32 Å². The average Bonchev–Trinajstić information content (AvgIpc) is 3.00. The van der Waals surface area contributed by atoms with Gasteiger partial charge in [-0.3, -0.25) is 0 Å². The van der Waals surface area contributed by atoms with Crippen molar-refractivity contribution in [1.82, 2.24) is 13.3 Å². The molecule has 4 nitrogen and oxygen atoms in total. The van der Waals surface area contributed by atoms with Gasteiger partial charge in [0.1, 0.15) is 0 Å². The van der Waals surface area contributed by atoms with Crippen LogP contribution in [0.4, 0.5) is 0 Å².